The van der Waals surface area contributed by atoms with Crippen molar-refractivity contribution in [2.45, 2.75) is 32.2 Å². The van der Waals surface area contributed by atoms with Gasteiger partial charge >= 0.3 is 0 Å². The lowest BCUT2D eigenvalue weighted by atomic mass is 9.90. The Balaban J connectivity index is 1.91. The average Bonchev–Trinajstić information content (AvgIpc) is 2.75. The molecule has 2 heterocycles. The van der Waals surface area contributed by atoms with Gasteiger partial charge in [-0.15, -0.1) is 5.10 Å². The van der Waals surface area contributed by atoms with Gasteiger partial charge < -0.3 is 5.32 Å². The highest BCUT2D eigenvalue weighted by Gasteiger charge is 2.26. The van der Waals surface area contributed by atoms with Crippen LogP contribution in [0.4, 0.5) is 5.95 Å². The summed E-state index contributed by atoms with van der Waals surface area (Å²) in [6.07, 6.45) is 3.14. The lowest BCUT2D eigenvalue weighted by Crippen LogP contribution is -2.46. The van der Waals surface area contributed by atoms with Gasteiger partial charge in [-0.25, -0.2) is 0 Å². The third-order valence-corrected chi connectivity index (χ3v) is 3.15. The van der Waals surface area contributed by atoms with E-state index in [1.807, 2.05) is 0 Å². The van der Waals surface area contributed by atoms with E-state index < -0.39 is 0 Å². The van der Waals surface area contributed by atoms with Crippen molar-refractivity contribution in [3.63, 3.8) is 0 Å². The van der Waals surface area contributed by atoms with Gasteiger partial charge in [0.2, 0.25) is 5.91 Å². The SMILES string of the molecule is CCC1CCNC(C(=O)Nc2nnn(C)n2)C1. The van der Waals surface area contributed by atoms with Gasteiger partial charge in [0.15, 0.2) is 0 Å². The Hall–Kier alpha value is -1.50. The van der Waals surface area contributed by atoms with Crippen molar-refractivity contribution in [2.24, 2.45) is 13.0 Å². The molecule has 7 nitrogen and oxygen atoms in total. The van der Waals surface area contributed by atoms with Gasteiger partial charge in [0.1, 0.15) is 0 Å². The van der Waals surface area contributed by atoms with Crippen LogP contribution in [0.2, 0.25) is 0 Å². The van der Waals surface area contributed by atoms with Gasteiger partial charge in [0.05, 0.1) is 13.1 Å². The maximum absolute atomic E-state index is 11.9. The van der Waals surface area contributed by atoms with E-state index in [0.29, 0.717) is 5.92 Å². The molecule has 1 fully saturated rings. The fourth-order valence-electron chi connectivity index (χ4n) is 2.10. The van der Waals surface area contributed by atoms with Crippen LogP contribution in [0.5, 0.6) is 0 Å². The molecule has 0 aromatic carbocycles. The Labute approximate surface area is 100.0 Å². The van der Waals surface area contributed by atoms with Crippen molar-refractivity contribution in [3.8, 4) is 0 Å². The Morgan fingerprint density at radius 3 is 3.12 bits per heavy atom. The first-order chi connectivity index (χ1) is 8.19. The topological polar surface area (TPSA) is 84.7 Å². The highest BCUT2D eigenvalue weighted by molar-refractivity contribution is 5.93. The molecule has 17 heavy (non-hydrogen) atoms. The molecule has 1 aromatic rings. The Kier molecular flexibility index (Phi) is 3.68. The van der Waals surface area contributed by atoms with Crippen molar-refractivity contribution in [3.05, 3.63) is 0 Å². The molecule has 2 unspecified atom stereocenters. The monoisotopic (exact) mass is 238 g/mol. The molecular weight excluding hydrogens is 220 g/mol. The van der Waals surface area contributed by atoms with E-state index in [4.69, 9.17) is 0 Å². The molecule has 1 aromatic heterocycles. The Morgan fingerprint density at radius 1 is 1.65 bits per heavy atom. The number of carbonyl (C=O) groups excluding carboxylic acids is 1. The maximum atomic E-state index is 11.9. The minimum absolute atomic E-state index is 0.0730. The number of amides is 1. The van der Waals surface area contributed by atoms with Gasteiger partial charge in [0, 0.05) is 0 Å². The molecule has 1 aliphatic rings. The van der Waals surface area contributed by atoms with Crippen molar-refractivity contribution < 1.29 is 4.79 Å². The van der Waals surface area contributed by atoms with Crippen molar-refractivity contribution in [2.75, 3.05) is 11.9 Å². The molecule has 1 saturated heterocycles. The standard InChI is InChI=1S/C10H18N6O/c1-3-7-4-5-11-8(6-7)9(17)12-10-13-15-16(2)14-10/h7-8,11H,3-6H2,1-2H3,(H,12,14,17). The maximum Gasteiger partial charge on any atom is 0.270 e. The Morgan fingerprint density at radius 2 is 2.47 bits per heavy atom. The summed E-state index contributed by atoms with van der Waals surface area (Å²) in [5, 5.41) is 17.2. The van der Waals surface area contributed by atoms with E-state index in [9.17, 15) is 4.79 Å². The molecule has 2 N–H and O–H groups in total. The van der Waals surface area contributed by atoms with Crippen LogP contribution < -0.4 is 10.6 Å². The zero-order valence-corrected chi connectivity index (χ0v) is 10.2. The van der Waals surface area contributed by atoms with Crippen molar-refractivity contribution in [1.29, 1.82) is 0 Å². The summed E-state index contributed by atoms with van der Waals surface area (Å²) in [6.45, 7) is 3.06. The van der Waals surface area contributed by atoms with Crippen LogP contribution in [0.25, 0.3) is 0 Å². The second kappa shape index (κ2) is 5.22. The molecule has 0 radical (unpaired) electrons. The summed E-state index contributed by atoms with van der Waals surface area (Å²) in [5.74, 6) is 0.816. The van der Waals surface area contributed by atoms with Gasteiger partial charge in [-0.05, 0) is 30.5 Å². The van der Waals surface area contributed by atoms with Gasteiger partial charge in [-0.1, -0.05) is 18.4 Å². The predicted octanol–water partition coefficient (Wildman–Crippen LogP) is -0.0732. The number of tetrazole rings is 1. The first kappa shape index (κ1) is 12.0. The number of aryl methyl sites for hydroxylation is 1. The number of hydrogen-bond donors (Lipinski definition) is 2. The van der Waals surface area contributed by atoms with E-state index in [-0.39, 0.29) is 17.9 Å². The van der Waals surface area contributed by atoms with Gasteiger partial charge in [-0.2, -0.15) is 4.80 Å². The summed E-state index contributed by atoms with van der Waals surface area (Å²) in [5.41, 5.74) is 0. The first-order valence-corrected chi connectivity index (χ1v) is 5.97. The molecule has 1 aliphatic heterocycles. The minimum Gasteiger partial charge on any atom is -0.306 e. The minimum atomic E-state index is -0.141. The zero-order valence-electron chi connectivity index (χ0n) is 10.2. The van der Waals surface area contributed by atoms with Crippen LogP contribution >= 0.6 is 0 Å². The number of aromatic nitrogens is 4. The van der Waals surface area contributed by atoms with Crippen LogP contribution in [0.15, 0.2) is 0 Å². The number of piperidine rings is 1. The van der Waals surface area contributed by atoms with E-state index in [1.165, 1.54) is 4.80 Å². The molecule has 2 atom stereocenters. The largest absolute Gasteiger partial charge is 0.306 e. The smallest absolute Gasteiger partial charge is 0.270 e. The van der Waals surface area contributed by atoms with Gasteiger partial charge in [0.25, 0.3) is 5.95 Å². The highest BCUT2D eigenvalue weighted by atomic mass is 16.2. The molecule has 94 valence electrons. The van der Waals surface area contributed by atoms with Crippen LogP contribution in [0, 0.1) is 5.92 Å². The number of hydrogen-bond acceptors (Lipinski definition) is 5. The number of nitrogens with one attached hydrogen (secondary N) is 2. The molecule has 0 aliphatic carbocycles. The third kappa shape index (κ3) is 3.00. The molecule has 7 heteroatoms. The fourth-order valence-corrected chi connectivity index (χ4v) is 2.10. The van der Waals surface area contributed by atoms with Crippen LogP contribution in [-0.2, 0) is 11.8 Å². The summed E-state index contributed by atoms with van der Waals surface area (Å²) in [6, 6.07) is -0.141. The lowest BCUT2D eigenvalue weighted by molar-refractivity contribution is -0.119. The van der Waals surface area contributed by atoms with E-state index in [1.54, 1.807) is 7.05 Å². The third-order valence-electron chi connectivity index (χ3n) is 3.15. The van der Waals surface area contributed by atoms with Crippen LogP contribution in [0.3, 0.4) is 0 Å². The molecule has 0 saturated carbocycles. The van der Waals surface area contributed by atoms with E-state index in [0.717, 1.165) is 25.8 Å². The van der Waals surface area contributed by atoms with Crippen molar-refractivity contribution in [1.82, 2.24) is 25.5 Å². The lowest BCUT2D eigenvalue weighted by Gasteiger charge is -2.28. The molecule has 0 bridgehead atoms. The highest BCUT2D eigenvalue weighted by Crippen LogP contribution is 2.19. The summed E-state index contributed by atoms with van der Waals surface area (Å²) < 4.78 is 0. The molecule has 1 amide bonds. The second-order valence-corrected chi connectivity index (χ2v) is 4.40. The fraction of sp³-hybridized carbons (Fsp3) is 0.800. The second-order valence-electron chi connectivity index (χ2n) is 4.40. The summed E-state index contributed by atoms with van der Waals surface area (Å²) in [7, 11) is 1.66. The summed E-state index contributed by atoms with van der Waals surface area (Å²) >= 11 is 0. The number of nitrogens with zero attached hydrogens (tertiary/aromatic N) is 4. The predicted molar refractivity (Wildman–Crippen MR) is 62.2 cm³/mol. The normalized spacial score (nSPS) is 24.6. The number of anilines is 1. The molecule has 0 spiro atoms. The average molecular weight is 238 g/mol. The van der Waals surface area contributed by atoms with Crippen LogP contribution in [-0.4, -0.2) is 38.7 Å². The number of rotatable bonds is 3. The summed E-state index contributed by atoms with van der Waals surface area (Å²) in [4.78, 5) is 13.3. The Bertz CT molecular complexity index is 390. The van der Waals surface area contributed by atoms with Gasteiger partial charge in [-0.3, -0.25) is 10.1 Å². The quantitative estimate of drug-likeness (QED) is 0.769. The molecule has 2 rings (SSSR count). The molecular formula is C10H18N6O. The van der Waals surface area contributed by atoms with Crippen molar-refractivity contribution >= 4 is 11.9 Å². The van der Waals surface area contributed by atoms with E-state index in [2.05, 4.69) is 33.0 Å². The first-order valence-electron chi connectivity index (χ1n) is 5.97. The van der Waals surface area contributed by atoms with E-state index >= 15 is 0 Å². The van der Waals surface area contributed by atoms with Crippen LogP contribution in [0.1, 0.15) is 26.2 Å². The number of carbonyl (C=O) groups is 1. The zero-order chi connectivity index (χ0) is 12.3.